The van der Waals surface area contributed by atoms with Crippen molar-refractivity contribution in [2.75, 3.05) is 30.8 Å². The molecule has 2 amide bonds. The van der Waals surface area contributed by atoms with E-state index in [1.165, 1.54) is 20.3 Å². The molecule has 0 atom stereocenters. The number of methoxy groups -OCH3 is 2. The lowest BCUT2D eigenvalue weighted by Gasteiger charge is -2.14. The molecule has 178 valence electrons. The topological polar surface area (TPSA) is 123 Å². The highest BCUT2D eigenvalue weighted by Crippen LogP contribution is 2.28. The number of hydrogen-bond acceptors (Lipinski definition) is 6. The summed E-state index contributed by atoms with van der Waals surface area (Å²) in [5, 5.41) is 5.12. The van der Waals surface area contributed by atoms with Gasteiger partial charge in [0.2, 0.25) is 5.91 Å². The van der Waals surface area contributed by atoms with E-state index in [2.05, 4.69) is 15.4 Å². The maximum atomic E-state index is 13.0. The Balaban J connectivity index is 1.70. The van der Waals surface area contributed by atoms with Gasteiger partial charge in [-0.05, 0) is 48.9 Å². The molecule has 0 aliphatic rings. The first kappa shape index (κ1) is 24.6. The molecule has 3 aromatic rings. The SMILES string of the molecule is COc1ccccc1NS(=O)(=O)c1cc(NC(=O)CNC(=O)c2ccccc2OC)ccc1C. The molecule has 0 bridgehead atoms. The van der Waals surface area contributed by atoms with Crippen molar-refractivity contribution in [3.63, 3.8) is 0 Å². The first-order valence-electron chi connectivity index (χ1n) is 10.2. The zero-order valence-electron chi connectivity index (χ0n) is 18.9. The normalized spacial score (nSPS) is 10.8. The molecular weight excluding hydrogens is 458 g/mol. The van der Waals surface area contributed by atoms with Crippen LogP contribution in [0.1, 0.15) is 15.9 Å². The largest absolute Gasteiger partial charge is 0.496 e. The van der Waals surface area contributed by atoms with E-state index >= 15 is 0 Å². The Morgan fingerprint density at radius 3 is 2.24 bits per heavy atom. The molecule has 0 saturated heterocycles. The zero-order chi connectivity index (χ0) is 24.7. The molecule has 10 heteroatoms. The highest BCUT2D eigenvalue weighted by Gasteiger charge is 2.20. The molecule has 0 radical (unpaired) electrons. The van der Waals surface area contributed by atoms with E-state index in [9.17, 15) is 18.0 Å². The van der Waals surface area contributed by atoms with Crippen LogP contribution in [0.4, 0.5) is 11.4 Å². The van der Waals surface area contributed by atoms with Crippen molar-refractivity contribution < 1.29 is 27.5 Å². The number of para-hydroxylation sites is 3. The molecule has 3 N–H and O–H groups in total. The third-order valence-corrected chi connectivity index (χ3v) is 6.38. The molecule has 0 saturated carbocycles. The molecular formula is C24H25N3O6S. The zero-order valence-corrected chi connectivity index (χ0v) is 19.7. The van der Waals surface area contributed by atoms with Gasteiger partial charge in [-0.15, -0.1) is 0 Å². The van der Waals surface area contributed by atoms with Crippen LogP contribution in [0.15, 0.2) is 71.6 Å². The van der Waals surface area contributed by atoms with Gasteiger partial charge in [0, 0.05) is 5.69 Å². The third-order valence-electron chi connectivity index (χ3n) is 4.87. The van der Waals surface area contributed by atoms with E-state index in [0.29, 0.717) is 22.6 Å². The second-order valence-electron chi connectivity index (χ2n) is 7.22. The summed E-state index contributed by atoms with van der Waals surface area (Å²) in [7, 11) is -1.07. The van der Waals surface area contributed by atoms with Crippen LogP contribution in [-0.2, 0) is 14.8 Å². The summed E-state index contributed by atoms with van der Waals surface area (Å²) in [5.41, 5.74) is 1.34. The van der Waals surface area contributed by atoms with Gasteiger partial charge in [0.15, 0.2) is 0 Å². The fourth-order valence-electron chi connectivity index (χ4n) is 3.19. The van der Waals surface area contributed by atoms with Gasteiger partial charge in [0.05, 0.1) is 36.9 Å². The summed E-state index contributed by atoms with van der Waals surface area (Å²) in [6.07, 6.45) is 0. The summed E-state index contributed by atoms with van der Waals surface area (Å²) in [6.45, 7) is 1.34. The van der Waals surface area contributed by atoms with E-state index in [4.69, 9.17) is 9.47 Å². The van der Waals surface area contributed by atoms with Gasteiger partial charge in [0.1, 0.15) is 11.5 Å². The molecule has 0 spiro atoms. The number of ether oxygens (including phenoxy) is 2. The number of anilines is 2. The molecule has 3 rings (SSSR count). The molecule has 0 aromatic heterocycles. The maximum absolute atomic E-state index is 13.0. The highest BCUT2D eigenvalue weighted by molar-refractivity contribution is 7.92. The number of amides is 2. The van der Waals surface area contributed by atoms with Crippen molar-refractivity contribution in [2.24, 2.45) is 0 Å². The number of carbonyl (C=O) groups is 2. The van der Waals surface area contributed by atoms with Crippen LogP contribution in [0.2, 0.25) is 0 Å². The average molecular weight is 484 g/mol. The van der Waals surface area contributed by atoms with Crippen LogP contribution in [0.3, 0.4) is 0 Å². The minimum atomic E-state index is -3.97. The van der Waals surface area contributed by atoms with Gasteiger partial charge >= 0.3 is 0 Å². The summed E-state index contributed by atoms with van der Waals surface area (Å²) in [4.78, 5) is 24.7. The fourth-order valence-corrected chi connectivity index (χ4v) is 4.53. The Morgan fingerprint density at radius 2 is 1.53 bits per heavy atom. The van der Waals surface area contributed by atoms with Gasteiger partial charge in [0.25, 0.3) is 15.9 Å². The van der Waals surface area contributed by atoms with Crippen LogP contribution in [0.5, 0.6) is 11.5 Å². The lowest BCUT2D eigenvalue weighted by atomic mass is 10.2. The van der Waals surface area contributed by atoms with Gasteiger partial charge in [-0.2, -0.15) is 0 Å². The van der Waals surface area contributed by atoms with E-state index in [1.54, 1.807) is 67.6 Å². The quantitative estimate of drug-likeness (QED) is 0.430. The second-order valence-corrected chi connectivity index (χ2v) is 8.87. The summed E-state index contributed by atoms with van der Waals surface area (Å²) in [6, 6.07) is 17.8. The molecule has 0 fully saturated rings. The van der Waals surface area contributed by atoms with Crippen molar-refractivity contribution in [3.8, 4) is 11.5 Å². The predicted molar refractivity (Wildman–Crippen MR) is 129 cm³/mol. The van der Waals surface area contributed by atoms with Gasteiger partial charge in [-0.25, -0.2) is 8.42 Å². The monoisotopic (exact) mass is 483 g/mol. The van der Waals surface area contributed by atoms with Crippen molar-refractivity contribution in [1.29, 1.82) is 0 Å². The standard InChI is InChI=1S/C24H25N3O6S/c1-16-12-13-17(14-22(16)34(30,31)27-19-9-5-7-11-21(19)33-3)26-23(28)15-25-24(29)18-8-4-6-10-20(18)32-2/h4-14,27H,15H2,1-3H3,(H,25,29)(H,26,28). The number of carbonyl (C=O) groups excluding carboxylic acids is 2. The first-order valence-corrected chi connectivity index (χ1v) is 11.7. The predicted octanol–water partition coefficient (Wildman–Crippen LogP) is 3.18. The van der Waals surface area contributed by atoms with E-state index in [1.807, 2.05) is 0 Å². The first-order chi connectivity index (χ1) is 16.2. The van der Waals surface area contributed by atoms with E-state index < -0.39 is 21.8 Å². The van der Waals surface area contributed by atoms with Crippen molar-refractivity contribution in [3.05, 3.63) is 77.9 Å². The third kappa shape index (κ3) is 5.84. The molecule has 0 aliphatic carbocycles. The number of hydrogen-bond donors (Lipinski definition) is 3. The lowest BCUT2D eigenvalue weighted by Crippen LogP contribution is -2.33. The molecule has 34 heavy (non-hydrogen) atoms. The van der Waals surface area contributed by atoms with Crippen LogP contribution >= 0.6 is 0 Å². The highest BCUT2D eigenvalue weighted by atomic mass is 32.2. The Labute approximate surface area is 198 Å². The Morgan fingerprint density at radius 1 is 0.882 bits per heavy atom. The molecule has 0 aliphatic heterocycles. The summed E-state index contributed by atoms with van der Waals surface area (Å²) < 4.78 is 38.9. The maximum Gasteiger partial charge on any atom is 0.262 e. The van der Waals surface area contributed by atoms with Gasteiger partial charge in [-0.1, -0.05) is 30.3 Å². The summed E-state index contributed by atoms with van der Waals surface area (Å²) in [5.74, 6) is -0.232. The number of sulfonamides is 1. The smallest absolute Gasteiger partial charge is 0.262 e. The number of aryl methyl sites for hydroxylation is 1. The molecule has 9 nitrogen and oxygen atoms in total. The van der Waals surface area contributed by atoms with E-state index in [-0.39, 0.29) is 22.8 Å². The van der Waals surface area contributed by atoms with E-state index in [0.717, 1.165) is 0 Å². The average Bonchev–Trinajstić information content (AvgIpc) is 2.83. The Hall–Kier alpha value is -4.05. The number of nitrogens with one attached hydrogen (secondary N) is 3. The van der Waals surface area contributed by atoms with Crippen molar-refractivity contribution in [1.82, 2.24) is 5.32 Å². The minimum Gasteiger partial charge on any atom is -0.496 e. The van der Waals surface area contributed by atoms with Crippen LogP contribution in [-0.4, -0.2) is 41.0 Å². The molecule has 3 aromatic carbocycles. The van der Waals surface area contributed by atoms with Crippen molar-refractivity contribution >= 4 is 33.2 Å². The van der Waals surface area contributed by atoms with Crippen LogP contribution in [0.25, 0.3) is 0 Å². The Bertz CT molecular complexity index is 1310. The fraction of sp³-hybridized carbons (Fsp3) is 0.167. The molecule has 0 unspecified atom stereocenters. The number of rotatable bonds is 9. The van der Waals surface area contributed by atoms with Crippen LogP contribution < -0.4 is 24.8 Å². The van der Waals surface area contributed by atoms with Gasteiger partial charge < -0.3 is 20.1 Å². The summed E-state index contributed by atoms with van der Waals surface area (Å²) >= 11 is 0. The lowest BCUT2D eigenvalue weighted by molar-refractivity contribution is -0.115. The Kier molecular flexibility index (Phi) is 7.75. The second kappa shape index (κ2) is 10.7. The van der Waals surface area contributed by atoms with Crippen molar-refractivity contribution in [2.45, 2.75) is 11.8 Å². The van der Waals surface area contributed by atoms with Crippen LogP contribution in [0, 0.1) is 6.92 Å². The molecule has 0 heterocycles. The number of benzene rings is 3. The minimum absolute atomic E-state index is 0.00531. The van der Waals surface area contributed by atoms with Gasteiger partial charge in [-0.3, -0.25) is 14.3 Å².